The summed E-state index contributed by atoms with van der Waals surface area (Å²) in [6, 6.07) is -1.89. The second-order valence-corrected chi connectivity index (χ2v) is 18.6. The minimum Gasteiger partial charge on any atom is -0.693 e. The van der Waals surface area contributed by atoms with Gasteiger partial charge in [0, 0.05) is 52.1 Å². The van der Waals surface area contributed by atoms with Crippen LogP contribution in [0.15, 0.2) is 0 Å². The first kappa shape index (κ1) is 95.5. The Morgan fingerprint density at radius 2 is 0.767 bits per heavy atom. The molecule has 0 spiro atoms. The summed E-state index contributed by atoms with van der Waals surface area (Å²) in [6.07, 6.45) is 18.8. The molecule has 86 heavy (non-hydrogen) atoms. The van der Waals surface area contributed by atoms with Gasteiger partial charge < -0.3 is 95.1 Å². The molecule has 0 aliphatic carbocycles. The number of Topliss-reactive ketones (excluding diaryl/α,β-unsaturated/α-hetero) is 1. The molecule has 0 aromatic rings. The minimum atomic E-state index is -1.16. The van der Waals surface area contributed by atoms with Crippen molar-refractivity contribution in [1.82, 2.24) is 21.3 Å². The third kappa shape index (κ3) is 73.1. The molecule has 0 saturated carbocycles. The van der Waals surface area contributed by atoms with Crippen molar-refractivity contribution in [1.29, 1.82) is 0 Å². The van der Waals surface area contributed by atoms with E-state index in [-0.39, 0.29) is 166 Å². The second kappa shape index (κ2) is 79.5. The standard InChI is InChI=1S/C57H104N4O19.CH5N.K.H2N.2H2S/c1-4-6-8-9-10-11-12-13-17-21-55(65)61-52(57(67)68)23-22-50(62)18-15-14-16-19-51(60-54(64)20-7-5-2)56(66)59-25-27-70-29-31-72-33-35-74-37-39-76-41-43-78-45-47-80-49-48-79-46-44-77-42-40-75-38-36-73-34-32-71-30-28-69-26-24-53(63)58-3;1-2;;;;/h2,51-52H,4,6-49H2,1,3H3,(H,58,63)(H,59,66)(H,60,64)(H,61,65)(H,67,68);2H2,1H3;;3*1H2/q;;+1;-1;;/t51-,52-;;;;;/m0...../s1. The number of ketones is 1. The Morgan fingerprint density at radius 1 is 0.430 bits per heavy atom. The summed E-state index contributed by atoms with van der Waals surface area (Å²) in [7, 11) is 3.09. The summed E-state index contributed by atoms with van der Waals surface area (Å²) < 4.78 is 65.8. The van der Waals surface area contributed by atoms with E-state index in [1.165, 1.54) is 39.2 Å². The van der Waals surface area contributed by atoms with Gasteiger partial charge in [-0.1, -0.05) is 71.1 Å². The van der Waals surface area contributed by atoms with Crippen molar-refractivity contribution >= 4 is 62.4 Å². The first-order chi connectivity index (χ1) is 40.1. The van der Waals surface area contributed by atoms with Crippen LogP contribution in [0.5, 0.6) is 0 Å². The topological polar surface area (TPSA) is 341 Å². The van der Waals surface area contributed by atoms with E-state index in [1.54, 1.807) is 7.05 Å². The van der Waals surface area contributed by atoms with E-state index in [4.69, 9.17) is 63.3 Å². The molecule has 0 bridgehead atoms. The van der Waals surface area contributed by atoms with Gasteiger partial charge in [0.15, 0.2) is 0 Å². The quantitative estimate of drug-likeness (QED) is 0.0286. The minimum absolute atomic E-state index is 0. The number of hydrogen-bond donors (Lipinski definition) is 6. The molecular weight excluding hydrogens is 1190 g/mol. The third-order valence-corrected chi connectivity index (χ3v) is 11.8. The van der Waals surface area contributed by atoms with Crippen LogP contribution in [0, 0.1) is 12.3 Å². The van der Waals surface area contributed by atoms with Gasteiger partial charge in [0.05, 0.1) is 159 Å². The molecule has 0 fully saturated rings. The van der Waals surface area contributed by atoms with Gasteiger partial charge in [-0.15, -0.1) is 12.3 Å². The third-order valence-electron chi connectivity index (χ3n) is 11.8. The van der Waals surface area contributed by atoms with Gasteiger partial charge in [-0.2, -0.15) is 27.0 Å². The predicted molar refractivity (Wildman–Crippen MR) is 336 cm³/mol. The van der Waals surface area contributed by atoms with Crippen LogP contribution in [0.1, 0.15) is 135 Å². The zero-order valence-corrected chi connectivity index (χ0v) is 58.1. The number of ether oxygens (including phenoxy) is 12. The fourth-order valence-corrected chi connectivity index (χ4v) is 7.30. The number of hydrogen-bond acceptors (Lipinski definition) is 19. The molecule has 0 aliphatic heterocycles. The summed E-state index contributed by atoms with van der Waals surface area (Å²) in [6.45, 7) is 12.7. The average Bonchev–Trinajstić information content (AvgIpc) is 3.57. The molecule has 0 rings (SSSR count). The monoisotopic (exact) mass is 1300 g/mol. The van der Waals surface area contributed by atoms with Crippen molar-refractivity contribution in [2.75, 3.05) is 179 Å². The number of rotatable bonds is 64. The second-order valence-electron chi connectivity index (χ2n) is 18.6. The van der Waals surface area contributed by atoms with Crippen LogP contribution in [-0.4, -0.2) is 232 Å². The van der Waals surface area contributed by atoms with Crippen LogP contribution >= 0.6 is 27.0 Å². The summed E-state index contributed by atoms with van der Waals surface area (Å²) in [4.78, 5) is 73.3. The van der Waals surface area contributed by atoms with Gasteiger partial charge in [0.25, 0.3) is 0 Å². The van der Waals surface area contributed by atoms with E-state index < -0.39 is 18.1 Å². The smallest absolute Gasteiger partial charge is 0.693 e. The number of nitrogens with one attached hydrogen (secondary N) is 4. The Hall–Kier alpha value is -1.64. The largest absolute Gasteiger partial charge is 1.00 e. The average molecular weight is 1300 g/mol. The maximum Gasteiger partial charge on any atom is 1.00 e. The molecular formula is C58H115KN6O19S2. The van der Waals surface area contributed by atoms with E-state index in [0.29, 0.717) is 190 Å². The van der Waals surface area contributed by atoms with E-state index >= 15 is 0 Å². The molecule has 0 aromatic heterocycles. The Labute approximate surface area is 572 Å². The van der Waals surface area contributed by atoms with Gasteiger partial charge in [-0.3, -0.25) is 24.0 Å². The normalized spacial score (nSPS) is 11.2. The summed E-state index contributed by atoms with van der Waals surface area (Å²) in [5.74, 6) is 0.152. The summed E-state index contributed by atoms with van der Waals surface area (Å²) >= 11 is 0. The number of aliphatic carboxylic acids is 1. The molecule has 0 unspecified atom stereocenters. The maximum atomic E-state index is 13.0. The number of nitrogens with two attached hydrogens (primary N) is 2. The first-order valence-electron chi connectivity index (χ1n) is 29.9. The number of carboxylic acids is 1. The number of carbonyl (C=O) groups is 6. The van der Waals surface area contributed by atoms with Crippen molar-refractivity contribution in [3.05, 3.63) is 6.15 Å². The van der Waals surface area contributed by atoms with Crippen molar-refractivity contribution < 1.29 is 142 Å². The molecule has 0 heterocycles. The fourth-order valence-electron chi connectivity index (χ4n) is 7.30. The zero-order valence-electron chi connectivity index (χ0n) is 53.0. The van der Waals surface area contributed by atoms with Gasteiger partial charge in [0.1, 0.15) is 17.9 Å². The molecule has 0 saturated heterocycles. The first-order valence-corrected chi connectivity index (χ1v) is 29.9. The number of terminal acetylenes is 1. The van der Waals surface area contributed by atoms with E-state index in [0.717, 1.165) is 19.3 Å². The SMILES string of the molecule is C#CCCC(=O)N[C@@H](CCCCCC(=O)CC[C@H](NC(=O)CCCCCCCCCCC)C(=O)O)C(=O)NCCOCCOCCOCCOCCOCCOCCOCCOCCOCCOCCOCCOCCC(=O)NC.CN.S.S.[K+].[NH2-]. The number of carboxylic acid groups (broad SMARTS) is 1. The maximum absolute atomic E-state index is 13.0. The molecule has 4 amide bonds. The molecule has 0 aromatic carbocycles. The molecule has 504 valence electrons. The fraction of sp³-hybridized carbons (Fsp3) is 0.862. The number of amides is 4. The van der Waals surface area contributed by atoms with Gasteiger partial charge in [-0.05, 0) is 32.7 Å². The molecule has 9 N–H and O–H groups in total. The van der Waals surface area contributed by atoms with Crippen LogP contribution in [0.2, 0.25) is 0 Å². The van der Waals surface area contributed by atoms with Crippen molar-refractivity contribution in [3.63, 3.8) is 0 Å². The Bertz CT molecular complexity index is 1560. The van der Waals surface area contributed by atoms with Crippen LogP contribution in [0.3, 0.4) is 0 Å². The molecule has 0 aliphatic rings. The molecule has 28 heteroatoms. The number of carbonyl (C=O) groups excluding carboxylic acids is 5. The Morgan fingerprint density at radius 3 is 1.15 bits per heavy atom. The number of unbranched alkanes of at least 4 members (excludes halogenated alkanes) is 10. The van der Waals surface area contributed by atoms with Crippen LogP contribution in [0.4, 0.5) is 0 Å². The van der Waals surface area contributed by atoms with E-state index in [1.807, 2.05) is 0 Å². The van der Waals surface area contributed by atoms with Gasteiger partial charge in [-0.25, -0.2) is 4.79 Å². The van der Waals surface area contributed by atoms with Gasteiger partial charge >= 0.3 is 57.4 Å². The zero-order chi connectivity index (χ0) is 60.5. The Balaban J connectivity index is -0.00000264. The summed E-state index contributed by atoms with van der Waals surface area (Å²) in [5, 5.41) is 20.3. The van der Waals surface area contributed by atoms with Crippen LogP contribution < -0.4 is 78.4 Å². The van der Waals surface area contributed by atoms with E-state index in [9.17, 15) is 33.9 Å². The van der Waals surface area contributed by atoms with Crippen molar-refractivity contribution in [2.24, 2.45) is 5.73 Å². The van der Waals surface area contributed by atoms with Crippen LogP contribution in [-0.2, 0) is 85.6 Å². The summed E-state index contributed by atoms with van der Waals surface area (Å²) in [5.41, 5.74) is 4.50. The van der Waals surface area contributed by atoms with Crippen molar-refractivity contribution in [3.8, 4) is 12.3 Å². The molecule has 25 nitrogen and oxygen atoms in total. The van der Waals surface area contributed by atoms with Crippen LogP contribution in [0.25, 0.3) is 6.15 Å². The molecule has 0 radical (unpaired) electrons. The van der Waals surface area contributed by atoms with E-state index in [2.05, 4.69) is 39.8 Å². The van der Waals surface area contributed by atoms with Gasteiger partial charge in [0.2, 0.25) is 23.6 Å². The molecule has 2 atom stereocenters. The Kier molecular flexibility index (Phi) is 88.2. The predicted octanol–water partition coefficient (Wildman–Crippen LogP) is 1.65. The van der Waals surface area contributed by atoms with Crippen molar-refractivity contribution in [2.45, 2.75) is 147 Å².